The van der Waals surface area contributed by atoms with E-state index in [0.717, 1.165) is 5.39 Å². The Morgan fingerprint density at radius 2 is 1.83 bits per heavy atom. The van der Waals surface area contributed by atoms with Crippen LogP contribution in [0.5, 0.6) is 0 Å². The monoisotopic (exact) mass is 265 g/mol. The Labute approximate surface area is 104 Å². The number of fused-ring (bicyclic) bond motifs is 1. The molecule has 1 amide bonds. The molecule has 5 nitrogen and oxygen atoms in total. The van der Waals surface area contributed by atoms with Gasteiger partial charge in [0.25, 0.3) is 10.1 Å². The molecule has 0 unspecified atom stereocenters. The van der Waals surface area contributed by atoms with Gasteiger partial charge in [-0.1, -0.05) is 30.3 Å². The van der Waals surface area contributed by atoms with Crippen molar-refractivity contribution in [1.29, 1.82) is 0 Å². The summed E-state index contributed by atoms with van der Waals surface area (Å²) in [5.41, 5.74) is 0.100. The van der Waals surface area contributed by atoms with Gasteiger partial charge in [0, 0.05) is 12.3 Å². The highest BCUT2D eigenvalue weighted by molar-refractivity contribution is 7.86. The molecule has 6 heteroatoms. The van der Waals surface area contributed by atoms with Gasteiger partial charge < -0.3 is 5.32 Å². The van der Waals surface area contributed by atoms with Crippen molar-refractivity contribution in [2.75, 3.05) is 5.32 Å². The number of nitrogens with one attached hydrogen (secondary N) is 1. The third-order valence-electron chi connectivity index (χ3n) is 2.47. The van der Waals surface area contributed by atoms with E-state index in [4.69, 9.17) is 4.55 Å². The topological polar surface area (TPSA) is 83.5 Å². The summed E-state index contributed by atoms with van der Waals surface area (Å²) in [4.78, 5) is 10.8. The van der Waals surface area contributed by atoms with Crippen LogP contribution in [0.15, 0.2) is 41.3 Å². The van der Waals surface area contributed by atoms with Crippen molar-refractivity contribution in [3.05, 3.63) is 36.4 Å². The predicted octanol–water partition coefficient (Wildman–Crippen LogP) is 2.04. The molecule has 2 N–H and O–H groups in total. The van der Waals surface area contributed by atoms with E-state index < -0.39 is 16.0 Å². The standard InChI is InChI=1S/C12H11NO4S/c1-8(14)13-12-10-5-3-2-4-9(10)6-7-11(12)18(15,16)17/h2-7H,1H3,(H,13,14)(H,15,16,17). The molecule has 0 fully saturated rings. The van der Waals surface area contributed by atoms with Gasteiger partial charge in [-0.25, -0.2) is 0 Å². The molecule has 0 heterocycles. The highest BCUT2D eigenvalue weighted by atomic mass is 32.2. The maximum Gasteiger partial charge on any atom is 0.296 e. The highest BCUT2D eigenvalue weighted by Gasteiger charge is 2.18. The molecule has 18 heavy (non-hydrogen) atoms. The molecule has 2 aromatic carbocycles. The number of benzene rings is 2. The first-order chi connectivity index (χ1) is 8.39. The molecule has 0 saturated carbocycles. The lowest BCUT2D eigenvalue weighted by atomic mass is 10.1. The number of amides is 1. The molecule has 0 aromatic heterocycles. The summed E-state index contributed by atoms with van der Waals surface area (Å²) in [7, 11) is -4.39. The van der Waals surface area contributed by atoms with Crippen LogP contribution in [0.4, 0.5) is 5.69 Å². The van der Waals surface area contributed by atoms with E-state index in [1.807, 2.05) is 0 Å². The van der Waals surface area contributed by atoms with Gasteiger partial charge in [0.2, 0.25) is 5.91 Å². The van der Waals surface area contributed by atoms with Crippen molar-refractivity contribution in [1.82, 2.24) is 0 Å². The molecular weight excluding hydrogens is 254 g/mol. The Hall–Kier alpha value is -1.92. The van der Waals surface area contributed by atoms with Crippen molar-refractivity contribution >= 4 is 32.5 Å². The van der Waals surface area contributed by atoms with Crippen LogP contribution in [-0.2, 0) is 14.9 Å². The first kappa shape index (κ1) is 12.5. The van der Waals surface area contributed by atoms with Crippen molar-refractivity contribution in [2.24, 2.45) is 0 Å². The largest absolute Gasteiger partial charge is 0.325 e. The predicted molar refractivity (Wildman–Crippen MR) is 68.1 cm³/mol. The van der Waals surface area contributed by atoms with E-state index in [1.54, 1.807) is 30.3 Å². The molecule has 0 aliphatic rings. The minimum atomic E-state index is -4.39. The molecule has 0 saturated heterocycles. The second-order valence-electron chi connectivity index (χ2n) is 3.82. The summed E-state index contributed by atoms with van der Waals surface area (Å²) in [5, 5.41) is 3.77. The fourth-order valence-corrected chi connectivity index (χ4v) is 2.43. The van der Waals surface area contributed by atoms with Crippen LogP contribution in [0.2, 0.25) is 0 Å². The normalized spacial score (nSPS) is 11.4. The van der Waals surface area contributed by atoms with Crippen LogP contribution in [0.25, 0.3) is 10.8 Å². The molecule has 0 spiro atoms. The van der Waals surface area contributed by atoms with Crippen LogP contribution < -0.4 is 5.32 Å². The van der Waals surface area contributed by atoms with Crippen LogP contribution in [0, 0.1) is 0 Å². The van der Waals surface area contributed by atoms with E-state index >= 15 is 0 Å². The van der Waals surface area contributed by atoms with Gasteiger partial charge >= 0.3 is 0 Å². The number of carbonyl (C=O) groups is 1. The summed E-state index contributed by atoms with van der Waals surface area (Å²) in [6, 6.07) is 9.82. The Morgan fingerprint density at radius 1 is 1.17 bits per heavy atom. The zero-order valence-corrected chi connectivity index (χ0v) is 10.4. The zero-order chi connectivity index (χ0) is 13.3. The Morgan fingerprint density at radius 3 is 2.44 bits per heavy atom. The van der Waals surface area contributed by atoms with E-state index in [-0.39, 0.29) is 10.6 Å². The molecule has 94 valence electrons. The molecule has 0 aliphatic carbocycles. The Kier molecular flexibility index (Phi) is 3.06. The van der Waals surface area contributed by atoms with E-state index in [2.05, 4.69) is 5.32 Å². The Bertz CT molecular complexity index is 722. The molecule has 2 rings (SSSR count). The van der Waals surface area contributed by atoms with Crippen LogP contribution >= 0.6 is 0 Å². The lowest BCUT2D eigenvalue weighted by Gasteiger charge is -2.11. The van der Waals surface area contributed by atoms with Gasteiger partial charge in [-0.15, -0.1) is 0 Å². The maximum atomic E-state index is 11.3. The third kappa shape index (κ3) is 2.34. The van der Waals surface area contributed by atoms with Crippen molar-refractivity contribution in [2.45, 2.75) is 11.8 Å². The lowest BCUT2D eigenvalue weighted by molar-refractivity contribution is -0.114. The van der Waals surface area contributed by atoms with E-state index in [0.29, 0.717) is 5.39 Å². The molecule has 0 bridgehead atoms. The summed E-state index contributed by atoms with van der Waals surface area (Å²) in [5.74, 6) is -0.406. The Balaban J connectivity index is 2.83. The highest BCUT2D eigenvalue weighted by Crippen LogP contribution is 2.30. The fourth-order valence-electron chi connectivity index (χ4n) is 1.77. The van der Waals surface area contributed by atoms with Gasteiger partial charge in [-0.05, 0) is 11.5 Å². The summed E-state index contributed by atoms with van der Waals surface area (Å²) >= 11 is 0. The molecule has 0 atom stereocenters. The average molecular weight is 265 g/mol. The van der Waals surface area contributed by atoms with Gasteiger partial charge in [0.1, 0.15) is 4.90 Å². The summed E-state index contributed by atoms with van der Waals surface area (Å²) in [6.45, 7) is 1.27. The number of hydrogen-bond donors (Lipinski definition) is 2. The molecule has 0 radical (unpaired) electrons. The minimum Gasteiger partial charge on any atom is -0.325 e. The van der Waals surface area contributed by atoms with Crippen LogP contribution in [0.1, 0.15) is 6.92 Å². The summed E-state index contributed by atoms with van der Waals surface area (Å²) < 4.78 is 31.7. The maximum absolute atomic E-state index is 11.3. The SMILES string of the molecule is CC(=O)Nc1c(S(=O)(=O)O)ccc2ccccc12. The molecule has 2 aromatic rings. The summed E-state index contributed by atoms with van der Waals surface area (Å²) in [6.07, 6.45) is 0. The van der Waals surface area contributed by atoms with E-state index in [1.165, 1.54) is 13.0 Å². The van der Waals surface area contributed by atoms with Crippen molar-refractivity contribution in [3.63, 3.8) is 0 Å². The van der Waals surface area contributed by atoms with Gasteiger partial charge in [0.05, 0.1) is 5.69 Å². The third-order valence-corrected chi connectivity index (χ3v) is 3.37. The minimum absolute atomic E-state index is 0.100. The van der Waals surface area contributed by atoms with Crippen LogP contribution in [-0.4, -0.2) is 18.9 Å². The van der Waals surface area contributed by atoms with Crippen molar-refractivity contribution < 1.29 is 17.8 Å². The number of carbonyl (C=O) groups excluding carboxylic acids is 1. The first-order valence-corrected chi connectivity index (χ1v) is 6.60. The second kappa shape index (κ2) is 4.40. The van der Waals surface area contributed by atoms with Gasteiger partial charge in [-0.2, -0.15) is 8.42 Å². The van der Waals surface area contributed by atoms with Crippen LogP contribution in [0.3, 0.4) is 0 Å². The number of rotatable bonds is 2. The number of hydrogen-bond acceptors (Lipinski definition) is 3. The average Bonchev–Trinajstić information content (AvgIpc) is 2.27. The molecule has 0 aliphatic heterocycles. The van der Waals surface area contributed by atoms with Gasteiger partial charge in [0.15, 0.2) is 0 Å². The second-order valence-corrected chi connectivity index (χ2v) is 5.21. The van der Waals surface area contributed by atoms with Gasteiger partial charge in [-0.3, -0.25) is 9.35 Å². The van der Waals surface area contributed by atoms with Crippen molar-refractivity contribution in [3.8, 4) is 0 Å². The first-order valence-electron chi connectivity index (χ1n) is 5.16. The molecular formula is C12H11NO4S. The smallest absolute Gasteiger partial charge is 0.296 e. The lowest BCUT2D eigenvalue weighted by Crippen LogP contribution is -2.11. The quantitative estimate of drug-likeness (QED) is 0.814. The zero-order valence-electron chi connectivity index (χ0n) is 9.54. The fraction of sp³-hybridized carbons (Fsp3) is 0.0833. The van der Waals surface area contributed by atoms with E-state index in [9.17, 15) is 13.2 Å². The number of anilines is 1.